The first kappa shape index (κ1) is 21.2. The van der Waals surface area contributed by atoms with Crippen LogP contribution in [0.3, 0.4) is 0 Å². The predicted molar refractivity (Wildman–Crippen MR) is 117 cm³/mol. The third kappa shape index (κ3) is 4.80. The van der Waals surface area contributed by atoms with Crippen molar-refractivity contribution < 1.29 is 17.6 Å². The zero-order valence-electron chi connectivity index (χ0n) is 16.0. The SMILES string of the molecule is O=C(CSc1nc2cc(Cl)ccc2o1)Nc1cccc(S(=O)(=O)N2CCCCC2)c1. The van der Waals surface area contributed by atoms with Gasteiger partial charge in [-0.2, -0.15) is 4.31 Å². The predicted octanol–water partition coefficient (Wildman–Crippen LogP) is 4.39. The van der Waals surface area contributed by atoms with Gasteiger partial charge in [-0.3, -0.25) is 4.79 Å². The van der Waals surface area contributed by atoms with E-state index in [2.05, 4.69) is 10.3 Å². The molecular weight excluding hydrogens is 446 g/mol. The molecule has 0 bridgehead atoms. The Kier molecular flexibility index (Phi) is 6.33. The number of piperidine rings is 1. The molecule has 0 aliphatic carbocycles. The number of thioether (sulfide) groups is 1. The van der Waals surface area contributed by atoms with Crippen molar-refractivity contribution in [3.05, 3.63) is 47.5 Å². The zero-order valence-corrected chi connectivity index (χ0v) is 18.4. The molecule has 1 aliphatic heterocycles. The van der Waals surface area contributed by atoms with Crippen molar-refractivity contribution in [2.45, 2.75) is 29.4 Å². The highest BCUT2D eigenvalue weighted by atomic mass is 35.5. The molecule has 0 unspecified atom stereocenters. The number of rotatable bonds is 6. The molecule has 0 saturated carbocycles. The Hall–Kier alpha value is -2.07. The molecular formula is C20H20ClN3O4S2. The number of amides is 1. The number of sulfonamides is 1. The molecule has 0 atom stereocenters. The van der Waals surface area contributed by atoms with Gasteiger partial charge in [0.05, 0.1) is 10.6 Å². The average molecular weight is 466 g/mol. The summed E-state index contributed by atoms with van der Waals surface area (Å²) < 4.78 is 32.7. The van der Waals surface area contributed by atoms with Crippen LogP contribution in [0.1, 0.15) is 19.3 Å². The van der Waals surface area contributed by atoms with Gasteiger partial charge in [-0.05, 0) is 49.2 Å². The minimum absolute atomic E-state index is 0.0731. The quantitative estimate of drug-likeness (QED) is 0.543. The molecule has 0 radical (unpaired) electrons. The first-order valence-corrected chi connectivity index (χ1v) is 12.3. The van der Waals surface area contributed by atoms with Gasteiger partial charge >= 0.3 is 0 Å². The number of hydrogen-bond donors (Lipinski definition) is 1. The second-order valence-corrected chi connectivity index (χ2v) is 10.2. The molecule has 1 saturated heterocycles. The first-order valence-electron chi connectivity index (χ1n) is 9.51. The van der Waals surface area contributed by atoms with Gasteiger partial charge in [0.1, 0.15) is 5.52 Å². The Labute approximate surface area is 183 Å². The van der Waals surface area contributed by atoms with Crippen molar-refractivity contribution in [1.29, 1.82) is 0 Å². The summed E-state index contributed by atoms with van der Waals surface area (Å²) in [5.74, 6) is -0.211. The summed E-state index contributed by atoms with van der Waals surface area (Å²) in [4.78, 5) is 16.8. The third-order valence-electron chi connectivity index (χ3n) is 4.73. The molecule has 1 aliphatic rings. The van der Waals surface area contributed by atoms with Crippen LogP contribution in [0.2, 0.25) is 5.02 Å². The highest BCUT2D eigenvalue weighted by Crippen LogP contribution is 2.26. The Morgan fingerprint density at radius 3 is 2.77 bits per heavy atom. The largest absolute Gasteiger partial charge is 0.431 e. The van der Waals surface area contributed by atoms with Gasteiger partial charge < -0.3 is 9.73 Å². The van der Waals surface area contributed by atoms with Crippen LogP contribution in [-0.2, 0) is 14.8 Å². The molecule has 0 spiro atoms. The molecule has 1 aromatic heterocycles. The lowest BCUT2D eigenvalue weighted by Gasteiger charge is -2.26. The number of fused-ring (bicyclic) bond motifs is 1. The minimum Gasteiger partial charge on any atom is -0.431 e. The number of aromatic nitrogens is 1. The summed E-state index contributed by atoms with van der Waals surface area (Å²) in [6, 6.07) is 11.5. The van der Waals surface area contributed by atoms with Crippen molar-refractivity contribution in [2.75, 3.05) is 24.2 Å². The molecule has 2 heterocycles. The number of nitrogens with zero attached hydrogens (tertiary/aromatic N) is 2. The van der Waals surface area contributed by atoms with Gasteiger partial charge in [-0.15, -0.1) is 0 Å². The van der Waals surface area contributed by atoms with E-state index >= 15 is 0 Å². The number of halogens is 1. The van der Waals surface area contributed by atoms with Gasteiger partial charge in [-0.25, -0.2) is 13.4 Å². The number of oxazole rings is 1. The van der Waals surface area contributed by atoms with Crippen LogP contribution in [0, 0.1) is 0 Å². The van der Waals surface area contributed by atoms with Crippen LogP contribution in [0.5, 0.6) is 0 Å². The Morgan fingerprint density at radius 2 is 1.97 bits per heavy atom. The molecule has 1 fully saturated rings. The maximum Gasteiger partial charge on any atom is 0.257 e. The fourth-order valence-electron chi connectivity index (χ4n) is 3.25. The third-order valence-corrected chi connectivity index (χ3v) is 7.69. The standard InChI is InChI=1S/C20H20ClN3O4S2/c21-14-7-8-18-17(11-14)23-20(28-18)29-13-19(25)22-15-5-4-6-16(12-15)30(26,27)24-9-2-1-3-10-24/h4-8,11-12H,1-3,9-10,13H2,(H,22,25). The second kappa shape index (κ2) is 8.97. The average Bonchev–Trinajstić information content (AvgIpc) is 3.15. The summed E-state index contributed by atoms with van der Waals surface area (Å²) in [5.41, 5.74) is 1.65. The highest BCUT2D eigenvalue weighted by Gasteiger charge is 2.26. The van der Waals surface area contributed by atoms with E-state index < -0.39 is 10.0 Å². The maximum atomic E-state index is 12.8. The van der Waals surface area contributed by atoms with Crippen molar-refractivity contribution >= 4 is 56.1 Å². The summed E-state index contributed by atoms with van der Waals surface area (Å²) in [7, 11) is -3.55. The van der Waals surface area contributed by atoms with Crippen LogP contribution in [0.4, 0.5) is 5.69 Å². The minimum atomic E-state index is -3.55. The Balaban J connectivity index is 1.40. The summed E-state index contributed by atoms with van der Waals surface area (Å²) in [6.45, 7) is 1.07. The van der Waals surface area contributed by atoms with Crippen molar-refractivity contribution in [3.63, 3.8) is 0 Å². The van der Waals surface area contributed by atoms with Gasteiger partial charge in [0.15, 0.2) is 5.58 Å². The normalized spacial score (nSPS) is 15.4. The smallest absolute Gasteiger partial charge is 0.257 e. The van der Waals surface area contributed by atoms with Crippen LogP contribution < -0.4 is 5.32 Å². The van der Waals surface area contributed by atoms with Crippen molar-refractivity contribution in [1.82, 2.24) is 9.29 Å². The molecule has 1 amide bonds. The fourth-order valence-corrected chi connectivity index (χ4v) is 5.62. The number of anilines is 1. The van der Waals surface area contributed by atoms with E-state index in [0.29, 0.717) is 40.1 Å². The van der Waals surface area contributed by atoms with Gasteiger partial charge in [-0.1, -0.05) is 35.9 Å². The number of benzene rings is 2. The monoisotopic (exact) mass is 465 g/mol. The summed E-state index contributed by atoms with van der Waals surface area (Å²) in [5, 5.41) is 3.66. The number of carbonyl (C=O) groups is 1. The van der Waals surface area contributed by atoms with Crippen LogP contribution in [0.25, 0.3) is 11.1 Å². The number of carbonyl (C=O) groups excluding carboxylic acids is 1. The van der Waals surface area contributed by atoms with E-state index in [-0.39, 0.29) is 16.6 Å². The highest BCUT2D eigenvalue weighted by molar-refractivity contribution is 7.99. The fraction of sp³-hybridized carbons (Fsp3) is 0.300. The molecule has 2 aromatic carbocycles. The first-order chi connectivity index (χ1) is 14.4. The Bertz CT molecular complexity index is 1170. The molecule has 1 N–H and O–H groups in total. The van der Waals surface area contributed by atoms with E-state index in [4.69, 9.17) is 16.0 Å². The topological polar surface area (TPSA) is 92.5 Å². The lowest BCUT2D eigenvalue weighted by Crippen LogP contribution is -2.35. The van der Waals surface area contributed by atoms with Gasteiger partial charge in [0.25, 0.3) is 5.22 Å². The zero-order chi connectivity index (χ0) is 21.1. The Morgan fingerprint density at radius 1 is 1.17 bits per heavy atom. The molecule has 10 heteroatoms. The summed E-state index contributed by atoms with van der Waals surface area (Å²) >= 11 is 7.09. The van der Waals surface area contributed by atoms with Crippen molar-refractivity contribution in [3.8, 4) is 0 Å². The summed E-state index contributed by atoms with van der Waals surface area (Å²) in [6.07, 6.45) is 2.79. The van der Waals surface area contributed by atoms with Crippen LogP contribution in [-0.4, -0.2) is 42.5 Å². The van der Waals surface area contributed by atoms with E-state index in [9.17, 15) is 13.2 Å². The lowest BCUT2D eigenvalue weighted by atomic mass is 10.2. The van der Waals surface area contributed by atoms with Gasteiger partial charge in [0, 0.05) is 23.8 Å². The second-order valence-electron chi connectivity index (χ2n) is 6.92. The van der Waals surface area contributed by atoms with E-state index in [0.717, 1.165) is 31.0 Å². The molecule has 7 nitrogen and oxygen atoms in total. The van der Waals surface area contributed by atoms with E-state index in [1.165, 1.54) is 10.4 Å². The molecule has 158 valence electrons. The number of nitrogens with one attached hydrogen (secondary N) is 1. The molecule has 3 aromatic rings. The van der Waals surface area contributed by atoms with Gasteiger partial charge in [0.2, 0.25) is 15.9 Å². The molecule has 30 heavy (non-hydrogen) atoms. The van der Waals surface area contributed by atoms with Crippen molar-refractivity contribution in [2.24, 2.45) is 0 Å². The molecule has 4 rings (SSSR count). The number of hydrogen-bond acceptors (Lipinski definition) is 6. The van der Waals surface area contributed by atoms with Crippen LogP contribution in [0.15, 0.2) is 57.0 Å². The van der Waals surface area contributed by atoms with E-state index in [1.54, 1.807) is 36.4 Å². The maximum absolute atomic E-state index is 12.8. The van der Waals surface area contributed by atoms with Crippen LogP contribution >= 0.6 is 23.4 Å². The van der Waals surface area contributed by atoms with E-state index in [1.807, 2.05) is 0 Å². The lowest BCUT2D eigenvalue weighted by molar-refractivity contribution is -0.113.